The fraction of sp³-hybridized carbons (Fsp3) is 0.680. The van der Waals surface area contributed by atoms with Crippen LogP contribution < -0.4 is 10.1 Å². The van der Waals surface area contributed by atoms with Gasteiger partial charge in [0.15, 0.2) is 0 Å². The number of carboxylic acids is 1. The number of carboxylic acid groups (broad SMARTS) is 1. The van der Waals surface area contributed by atoms with Gasteiger partial charge in [0.2, 0.25) is 0 Å². The molecule has 0 saturated heterocycles. The summed E-state index contributed by atoms with van der Waals surface area (Å²) in [6, 6.07) is 7.26. The summed E-state index contributed by atoms with van der Waals surface area (Å²) < 4.78 is 6.02. The van der Waals surface area contributed by atoms with Crippen LogP contribution in [0.25, 0.3) is 0 Å². The average Bonchev–Trinajstić information content (AvgIpc) is 2.85. The fourth-order valence-corrected chi connectivity index (χ4v) is 6.93. The van der Waals surface area contributed by atoms with Crippen LogP contribution in [0.3, 0.4) is 0 Å². The third kappa shape index (κ3) is 4.07. The van der Waals surface area contributed by atoms with E-state index in [1.54, 1.807) is 12.1 Å². The fourth-order valence-electron chi connectivity index (χ4n) is 6.93. The number of aliphatic hydroxyl groups is 1. The first-order valence-corrected chi connectivity index (χ1v) is 11.9. The number of benzene rings is 1. The Balaban J connectivity index is 1.20. The zero-order valence-corrected chi connectivity index (χ0v) is 18.0. The molecule has 0 aliphatic heterocycles. The molecule has 6 heteroatoms. The van der Waals surface area contributed by atoms with Gasteiger partial charge in [0, 0.05) is 11.1 Å². The third-order valence-electron chi connectivity index (χ3n) is 8.38. The van der Waals surface area contributed by atoms with Crippen molar-refractivity contribution in [1.29, 1.82) is 0 Å². The number of aliphatic carboxylic acids is 1. The molecule has 1 aromatic rings. The van der Waals surface area contributed by atoms with Crippen molar-refractivity contribution in [3.8, 4) is 5.75 Å². The van der Waals surface area contributed by atoms with Crippen LogP contribution in [-0.2, 0) is 4.79 Å². The van der Waals surface area contributed by atoms with Gasteiger partial charge < -0.3 is 20.3 Å². The van der Waals surface area contributed by atoms with Crippen LogP contribution >= 0.6 is 0 Å². The first-order valence-electron chi connectivity index (χ1n) is 11.9. The van der Waals surface area contributed by atoms with Gasteiger partial charge in [-0.3, -0.25) is 9.59 Å². The molecule has 0 spiro atoms. The molecule has 6 nitrogen and oxygen atoms in total. The Morgan fingerprint density at radius 1 is 1.03 bits per heavy atom. The Labute approximate surface area is 183 Å². The van der Waals surface area contributed by atoms with Gasteiger partial charge in [-0.1, -0.05) is 12.8 Å². The number of hydrogen-bond donors (Lipinski definition) is 3. The van der Waals surface area contributed by atoms with Crippen LogP contribution in [0.4, 0.5) is 0 Å². The Hall–Kier alpha value is -2.08. The van der Waals surface area contributed by atoms with Gasteiger partial charge >= 0.3 is 5.97 Å². The number of carbonyl (C=O) groups is 2. The van der Waals surface area contributed by atoms with E-state index in [-0.39, 0.29) is 23.5 Å². The molecule has 3 bridgehead atoms. The Morgan fingerprint density at radius 3 is 2.48 bits per heavy atom. The summed E-state index contributed by atoms with van der Waals surface area (Å²) in [7, 11) is 0. The predicted molar refractivity (Wildman–Crippen MR) is 115 cm³/mol. The van der Waals surface area contributed by atoms with Crippen molar-refractivity contribution >= 4 is 11.9 Å². The second-order valence-corrected chi connectivity index (χ2v) is 10.6. The van der Waals surface area contributed by atoms with E-state index in [1.807, 2.05) is 12.1 Å². The van der Waals surface area contributed by atoms with Gasteiger partial charge in [-0.25, -0.2) is 0 Å². The first-order chi connectivity index (χ1) is 14.8. The second-order valence-electron chi connectivity index (χ2n) is 10.6. The van der Waals surface area contributed by atoms with Gasteiger partial charge in [-0.2, -0.15) is 0 Å². The van der Waals surface area contributed by atoms with Crippen molar-refractivity contribution < 1.29 is 24.5 Å². The number of carbonyl (C=O) groups excluding carboxylic acids is 1. The molecule has 0 radical (unpaired) electrons. The molecule has 0 aromatic heterocycles. The zero-order chi connectivity index (χ0) is 21.6. The van der Waals surface area contributed by atoms with Crippen LogP contribution in [-0.4, -0.2) is 39.3 Å². The summed E-state index contributed by atoms with van der Waals surface area (Å²) >= 11 is 0. The van der Waals surface area contributed by atoms with Gasteiger partial charge in [-0.15, -0.1) is 0 Å². The first kappa shape index (κ1) is 20.8. The van der Waals surface area contributed by atoms with E-state index in [1.165, 1.54) is 0 Å². The maximum absolute atomic E-state index is 13.0. The maximum Gasteiger partial charge on any atom is 0.306 e. The van der Waals surface area contributed by atoms with Gasteiger partial charge in [0.05, 0.1) is 17.6 Å². The molecule has 1 aromatic carbocycles. The molecule has 5 rings (SSSR count). The average molecular weight is 428 g/mol. The number of fused-ring (bicyclic) bond motifs is 2. The molecule has 4 aliphatic carbocycles. The van der Waals surface area contributed by atoms with Crippen molar-refractivity contribution in [1.82, 2.24) is 5.32 Å². The molecular formula is C25H33NO5. The molecule has 31 heavy (non-hydrogen) atoms. The highest BCUT2D eigenvalue weighted by Crippen LogP contribution is 2.57. The van der Waals surface area contributed by atoms with Crippen molar-refractivity contribution in [2.75, 3.05) is 0 Å². The highest BCUT2D eigenvalue weighted by atomic mass is 16.5. The largest absolute Gasteiger partial charge is 0.490 e. The molecular weight excluding hydrogens is 394 g/mol. The van der Waals surface area contributed by atoms with Crippen molar-refractivity contribution in [2.24, 2.45) is 17.8 Å². The summed E-state index contributed by atoms with van der Waals surface area (Å²) in [4.78, 5) is 24.1. The molecule has 168 valence electrons. The summed E-state index contributed by atoms with van der Waals surface area (Å²) in [5.41, 5.74) is -0.254. The number of hydrogen-bond acceptors (Lipinski definition) is 4. The van der Waals surface area contributed by atoms with E-state index in [2.05, 4.69) is 5.32 Å². The monoisotopic (exact) mass is 427 g/mol. The highest BCUT2D eigenvalue weighted by molar-refractivity contribution is 5.94. The summed E-state index contributed by atoms with van der Waals surface area (Å²) in [5, 5.41) is 23.6. The maximum atomic E-state index is 13.0. The SMILES string of the molecule is O=C(NC12CC3CCCC(O)(C1)C(C3)C2)c1ccc(OC2CCC(C(=O)O)CC2)cc1. The normalized spacial score (nSPS) is 39.0. The van der Waals surface area contributed by atoms with E-state index in [9.17, 15) is 14.7 Å². The highest BCUT2D eigenvalue weighted by Gasteiger charge is 2.59. The minimum Gasteiger partial charge on any atom is -0.490 e. The Morgan fingerprint density at radius 2 is 1.77 bits per heavy atom. The van der Waals surface area contributed by atoms with Crippen molar-refractivity contribution in [2.45, 2.75) is 87.9 Å². The zero-order valence-electron chi connectivity index (χ0n) is 18.0. The van der Waals surface area contributed by atoms with E-state index < -0.39 is 11.6 Å². The number of ether oxygens (including phenoxy) is 1. The lowest BCUT2D eigenvalue weighted by Gasteiger charge is -2.38. The predicted octanol–water partition coefficient (Wildman–Crippen LogP) is 3.91. The number of amides is 1. The second kappa shape index (κ2) is 7.80. The summed E-state index contributed by atoms with van der Waals surface area (Å²) in [5.74, 6) is 0.616. The molecule has 1 amide bonds. The Bertz CT molecular complexity index is 842. The van der Waals surface area contributed by atoms with E-state index in [0.717, 1.165) is 57.1 Å². The molecule has 0 heterocycles. The minimum absolute atomic E-state index is 0.0342. The lowest BCUT2D eigenvalue weighted by Crippen LogP contribution is -2.50. The topological polar surface area (TPSA) is 95.9 Å². The Kier molecular flexibility index (Phi) is 5.24. The lowest BCUT2D eigenvalue weighted by molar-refractivity contribution is -0.143. The van der Waals surface area contributed by atoms with Crippen LogP contribution in [0.5, 0.6) is 5.75 Å². The smallest absolute Gasteiger partial charge is 0.306 e. The molecule has 4 atom stereocenters. The van der Waals surface area contributed by atoms with E-state index >= 15 is 0 Å². The standard InChI is InChI=1S/C25H33NO5/c27-22(26-24-13-16-2-1-11-25(30,15-24)19(12-16)14-24)17-3-7-20(8-4-17)31-21-9-5-18(6-10-21)23(28)29/h3-4,7-8,16,18-19,21,30H,1-2,5-6,9-15H2,(H,26,27)(H,28,29). The van der Waals surface area contributed by atoms with Crippen LogP contribution in [0.15, 0.2) is 24.3 Å². The molecule has 4 unspecified atom stereocenters. The molecule has 4 aliphatic rings. The van der Waals surface area contributed by atoms with Crippen LogP contribution in [0.2, 0.25) is 0 Å². The molecule has 4 fully saturated rings. The number of nitrogens with one attached hydrogen (secondary N) is 1. The van der Waals surface area contributed by atoms with E-state index in [0.29, 0.717) is 36.7 Å². The number of rotatable bonds is 5. The van der Waals surface area contributed by atoms with Crippen LogP contribution in [0.1, 0.15) is 81.0 Å². The quantitative estimate of drug-likeness (QED) is 0.662. The summed E-state index contributed by atoms with van der Waals surface area (Å²) in [6.07, 6.45) is 9.62. The third-order valence-corrected chi connectivity index (χ3v) is 8.38. The van der Waals surface area contributed by atoms with Gasteiger partial charge in [0.25, 0.3) is 5.91 Å². The van der Waals surface area contributed by atoms with Gasteiger partial charge in [-0.05, 0) is 93.9 Å². The molecule has 3 N–H and O–H groups in total. The van der Waals surface area contributed by atoms with Gasteiger partial charge in [0.1, 0.15) is 5.75 Å². The van der Waals surface area contributed by atoms with Crippen LogP contribution in [0, 0.1) is 17.8 Å². The van der Waals surface area contributed by atoms with E-state index in [4.69, 9.17) is 9.84 Å². The summed E-state index contributed by atoms with van der Waals surface area (Å²) in [6.45, 7) is 0. The lowest BCUT2D eigenvalue weighted by atomic mass is 9.75. The molecule has 4 saturated carbocycles. The van der Waals surface area contributed by atoms with Crippen molar-refractivity contribution in [3.05, 3.63) is 29.8 Å². The van der Waals surface area contributed by atoms with Crippen molar-refractivity contribution in [3.63, 3.8) is 0 Å². The minimum atomic E-state index is -0.712.